The van der Waals surface area contributed by atoms with Crippen LogP contribution in [0.15, 0.2) is 62.9 Å². The Hall–Kier alpha value is -2.68. The fourth-order valence-corrected chi connectivity index (χ4v) is 3.29. The second-order valence-corrected chi connectivity index (χ2v) is 6.80. The highest BCUT2D eigenvalue weighted by atomic mass is 35.5. The number of nitro groups is 1. The second kappa shape index (κ2) is 8.34. The van der Waals surface area contributed by atoms with Gasteiger partial charge in [0.25, 0.3) is 0 Å². The van der Waals surface area contributed by atoms with Crippen molar-refractivity contribution in [3.8, 4) is 11.3 Å². The Morgan fingerprint density at radius 3 is 2.78 bits per heavy atom. The van der Waals surface area contributed by atoms with Gasteiger partial charge in [-0.2, -0.15) is 5.10 Å². The van der Waals surface area contributed by atoms with Gasteiger partial charge in [0.15, 0.2) is 5.76 Å². The van der Waals surface area contributed by atoms with Crippen LogP contribution in [0.3, 0.4) is 0 Å². The standard InChI is InChI=1S/C17H12Cl2N4O3S/c1-2-7-20-17-22(21-9-12-4-6-16(26-12)23(24)25)15(10-27-17)11-3-5-13(18)14(19)8-11/h2-6,8-10H,1,7H2. The van der Waals surface area contributed by atoms with E-state index >= 15 is 0 Å². The SMILES string of the molecule is C=CCN=c1scc(-c2ccc(Cl)c(Cl)c2)n1N=Cc1ccc([N+](=O)[O-])o1. The molecule has 0 unspecified atom stereocenters. The molecule has 2 aromatic heterocycles. The summed E-state index contributed by atoms with van der Waals surface area (Å²) < 4.78 is 6.70. The lowest BCUT2D eigenvalue weighted by molar-refractivity contribution is -0.402. The Kier molecular flexibility index (Phi) is 5.90. The summed E-state index contributed by atoms with van der Waals surface area (Å²) in [6.07, 6.45) is 3.05. The molecule has 0 radical (unpaired) electrons. The minimum Gasteiger partial charge on any atom is -0.400 e. The fourth-order valence-electron chi connectivity index (χ4n) is 2.14. The lowest BCUT2D eigenvalue weighted by Crippen LogP contribution is -2.12. The van der Waals surface area contributed by atoms with E-state index in [2.05, 4.69) is 16.7 Å². The van der Waals surface area contributed by atoms with Crippen molar-refractivity contribution in [2.45, 2.75) is 0 Å². The van der Waals surface area contributed by atoms with Gasteiger partial charge >= 0.3 is 5.88 Å². The summed E-state index contributed by atoms with van der Waals surface area (Å²) in [6.45, 7) is 4.08. The maximum Gasteiger partial charge on any atom is 0.433 e. The number of aromatic nitrogens is 1. The van der Waals surface area contributed by atoms with E-state index in [9.17, 15) is 10.1 Å². The van der Waals surface area contributed by atoms with Crippen LogP contribution in [0.2, 0.25) is 10.0 Å². The van der Waals surface area contributed by atoms with Gasteiger partial charge in [0.05, 0.1) is 34.6 Å². The zero-order chi connectivity index (χ0) is 19.4. The van der Waals surface area contributed by atoms with E-state index < -0.39 is 4.92 Å². The van der Waals surface area contributed by atoms with E-state index in [0.29, 0.717) is 21.4 Å². The van der Waals surface area contributed by atoms with Crippen LogP contribution in [0.1, 0.15) is 5.76 Å². The average molecular weight is 423 g/mol. The number of benzene rings is 1. The van der Waals surface area contributed by atoms with Crippen LogP contribution < -0.4 is 4.80 Å². The fraction of sp³-hybridized carbons (Fsp3) is 0.0588. The summed E-state index contributed by atoms with van der Waals surface area (Å²) in [7, 11) is 0. The van der Waals surface area contributed by atoms with Crippen molar-refractivity contribution in [1.82, 2.24) is 4.68 Å². The van der Waals surface area contributed by atoms with Crippen molar-refractivity contribution in [3.63, 3.8) is 0 Å². The number of nitrogens with zero attached hydrogens (tertiary/aromatic N) is 4. The van der Waals surface area contributed by atoms with Gasteiger partial charge in [-0.15, -0.1) is 17.9 Å². The summed E-state index contributed by atoms with van der Waals surface area (Å²) >= 11 is 13.5. The van der Waals surface area contributed by atoms with Crippen molar-refractivity contribution in [1.29, 1.82) is 0 Å². The summed E-state index contributed by atoms with van der Waals surface area (Å²) in [5.74, 6) is -0.108. The van der Waals surface area contributed by atoms with Gasteiger partial charge in [0, 0.05) is 10.9 Å². The zero-order valence-corrected chi connectivity index (χ0v) is 16.0. The molecule has 0 fully saturated rings. The van der Waals surface area contributed by atoms with Crippen molar-refractivity contribution < 1.29 is 9.34 Å². The molecule has 1 aromatic carbocycles. The molecule has 0 bridgehead atoms. The van der Waals surface area contributed by atoms with Crippen LogP contribution in [0.25, 0.3) is 11.3 Å². The third-order valence-corrected chi connectivity index (χ3v) is 4.94. The smallest absolute Gasteiger partial charge is 0.400 e. The number of rotatable bonds is 6. The Morgan fingerprint density at radius 1 is 1.30 bits per heavy atom. The lowest BCUT2D eigenvalue weighted by Gasteiger charge is -2.04. The Balaban J connectivity index is 2.06. The van der Waals surface area contributed by atoms with Crippen molar-refractivity contribution in [2.75, 3.05) is 6.54 Å². The van der Waals surface area contributed by atoms with Gasteiger partial charge in [-0.1, -0.05) is 35.3 Å². The van der Waals surface area contributed by atoms with Gasteiger partial charge in [-0.25, -0.2) is 4.68 Å². The minimum atomic E-state index is -0.610. The Morgan fingerprint density at radius 2 is 2.11 bits per heavy atom. The van der Waals surface area contributed by atoms with Crippen LogP contribution in [0.4, 0.5) is 5.88 Å². The van der Waals surface area contributed by atoms with Crippen molar-refractivity contribution >= 4 is 46.6 Å². The first-order valence-corrected chi connectivity index (χ1v) is 9.19. The molecule has 3 aromatic rings. The third-order valence-electron chi connectivity index (χ3n) is 3.35. The minimum absolute atomic E-state index is 0.246. The van der Waals surface area contributed by atoms with E-state index in [1.165, 1.54) is 29.7 Å². The number of halogens is 2. The van der Waals surface area contributed by atoms with Crippen LogP contribution in [0, 0.1) is 10.1 Å². The molecule has 0 N–H and O–H groups in total. The van der Waals surface area contributed by atoms with Crippen molar-refractivity contribution in [3.05, 3.63) is 79.1 Å². The van der Waals surface area contributed by atoms with Crippen LogP contribution in [0.5, 0.6) is 0 Å². The molecule has 27 heavy (non-hydrogen) atoms. The summed E-state index contributed by atoms with van der Waals surface area (Å²) in [4.78, 5) is 15.2. The van der Waals surface area contributed by atoms with Gasteiger partial charge in [-0.3, -0.25) is 15.1 Å². The first-order valence-electron chi connectivity index (χ1n) is 7.55. The molecule has 0 saturated carbocycles. The summed E-state index contributed by atoms with van der Waals surface area (Å²) in [5.41, 5.74) is 1.53. The molecule has 0 saturated heterocycles. The zero-order valence-electron chi connectivity index (χ0n) is 13.7. The summed E-state index contributed by atoms with van der Waals surface area (Å²) in [6, 6.07) is 7.97. The topological polar surface area (TPSA) is 85.9 Å². The molecule has 3 rings (SSSR count). The second-order valence-electron chi connectivity index (χ2n) is 5.15. The van der Waals surface area contributed by atoms with Crippen LogP contribution in [-0.4, -0.2) is 22.4 Å². The molecule has 10 heteroatoms. The van der Waals surface area contributed by atoms with E-state index in [0.717, 1.165) is 11.3 Å². The molecule has 0 amide bonds. The van der Waals surface area contributed by atoms with Gasteiger partial charge in [0.2, 0.25) is 4.80 Å². The maximum atomic E-state index is 10.7. The predicted molar refractivity (Wildman–Crippen MR) is 107 cm³/mol. The molecule has 0 aliphatic rings. The van der Waals surface area contributed by atoms with E-state index in [1.54, 1.807) is 22.9 Å². The predicted octanol–water partition coefficient (Wildman–Crippen LogP) is 4.99. The normalized spacial score (nSPS) is 12.0. The third kappa shape index (κ3) is 4.36. The molecule has 0 aliphatic carbocycles. The number of hydrogen-bond acceptors (Lipinski definition) is 6. The largest absolute Gasteiger partial charge is 0.433 e. The lowest BCUT2D eigenvalue weighted by atomic mass is 10.2. The van der Waals surface area contributed by atoms with Crippen LogP contribution in [-0.2, 0) is 0 Å². The van der Waals surface area contributed by atoms with Gasteiger partial charge in [-0.05, 0) is 18.2 Å². The maximum absolute atomic E-state index is 10.7. The first-order chi connectivity index (χ1) is 13.0. The number of thiazole rings is 1. The molecule has 0 spiro atoms. The molecular formula is C17H12Cl2N4O3S. The summed E-state index contributed by atoms with van der Waals surface area (Å²) in [5, 5.41) is 17.9. The molecule has 7 nitrogen and oxygen atoms in total. The van der Waals surface area contributed by atoms with E-state index in [4.69, 9.17) is 27.6 Å². The van der Waals surface area contributed by atoms with E-state index in [-0.39, 0.29) is 11.6 Å². The molecular weight excluding hydrogens is 411 g/mol. The number of furan rings is 1. The highest BCUT2D eigenvalue weighted by Crippen LogP contribution is 2.28. The molecule has 0 atom stereocenters. The molecule has 0 aliphatic heterocycles. The monoisotopic (exact) mass is 422 g/mol. The Bertz CT molecular complexity index is 1100. The van der Waals surface area contributed by atoms with Crippen LogP contribution >= 0.6 is 34.5 Å². The number of hydrogen-bond donors (Lipinski definition) is 0. The molecule has 138 valence electrons. The highest BCUT2D eigenvalue weighted by Gasteiger charge is 2.12. The van der Waals surface area contributed by atoms with Gasteiger partial charge in [0.1, 0.15) is 4.92 Å². The quantitative estimate of drug-likeness (QED) is 0.242. The van der Waals surface area contributed by atoms with E-state index in [1.807, 2.05) is 11.4 Å². The first kappa shape index (κ1) is 19.1. The average Bonchev–Trinajstić information content (AvgIpc) is 3.27. The van der Waals surface area contributed by atoms with Crippen molar-refractivity contribution in [2.24, 2.45) is 10.1 Å². The van der Waals surface area contributed by atoms with Gasteiger partial charge < -0.3 is 4.42 Å². The Labute approximate surface area is 167 Å². The highest BCUT2D eigenvalue weighted by molar-refractivity contribution is 7.07. The molecule has 2 heterocycles.